The highest BCUT2D eigenvalue weighted by atomic mass is 35.5. The first-order chi connectivity index (χ1) is 16.7. The predicted molar refractivity (Wildman–Crippen MR) is 141 cm³/mol. The molecule has 0 aliphatic rings. The molecule has 1 heterocycles. The molecule has 0 aliphatic heterocycles. The first-order valence-electron chi connectivity index (χ1n) is 11.3. The number of thiazole rings is 1. The molecule has 0 atom stereocenters. The molecule has 0 radical (unpaired) electrons. The number of halogens is 1. The molecule has 3 rings (SSSR count). The van der Waals surface area contributed by atoms with Crippen molar-refractivity contribution in [1.82, 2.24) is 9.88 Å². The van der Waals surface area contributed by atoms with Gasteiger partial charge in [0.2, 0.25) is 5.91 Å². The van der Waals surface area contributed by atoms with Crippen LogP contribution in [0, 0.1) is 0 Å². The summed E-state index contributed by atoms with van der Waals surface area (Å²) >= 11 is 7.20. The summed E-state index contributed by atoms with van der Waals surface area (Å²) in [5, 5.41) is 0.924. The van der Waals surface area contributed by atoms with Crippen molar-refractivity contribution in [3.63, 3.8) is 0 Å². The summed E-state index contributed by atoms with van der Waals surface area (Å²) in [6, 6.07) is 9.51. The van der Waals surface area contributed by atoms with Gasteiger partial charge in [-0.1, -0.05) is 36.8 Å². The Morgan fingerprint density at radius 2 is 1.63 bits per heavy atom. The maximum absolute atomic E-state index is 13.4. The van der Waals surface area contributed by atoms with E-state index >= 15 is 0 Å². The lowest BCUT2D eigenvalue weighted by atomic mass is 10.3. The van der Waals surface area contributed by atoms with Gasteiger partial charge in [-0.15, -0.1) is 0 Å². The van der Waals surface area contributed by atoms with E-state index in [1.165, 1.54) is 35.6 Å². The van der Waals surface area contributed by atoms with E-state index in [1.54, 1.807) is 31.3 Å². The Balaban J connectivity index is 1.90. The van der Waals surface area contributed by atoms with Crippen LogP contribution in [-0.2, 0) is 14.6 Å². The van der Waals surface area contributed by atoms with Gasteiger partial charge >= 0.3 is 0 Å². The number of aromatic nitrogens is 1. The molecule has 1 aromatic heterocycles. The quantitative estimate of drug-likeness (QED) is 0.334. The van der Waals surface area contributed by atoms with Crippen molar-refractivity contribution in [2.75, 3.05) is 51.1 Å². The molecule has 0 saturated heterocycles. The minimum Gasteiger partial charge on any atom is -0.495 e. The second kappa shape index (κ2) is 12.0. The first kappa shape index (κ1) is 27.2. The highest BCUT2D eigenvalue weighted by molar-refractivity contribution is 7.91. The van der Waals surface area contributed by atoms with Crippen molar-refractivity contribution >= 4 is 54.0 Å². The van der Waals surface area contributed by atoms with E-state index < -0.39 is 9.84 Å². The number of amides is 1. The number of carbonyl (C=O) groups excluding carboxylic acids is 1. The zero-order valence-electron chi connectivity index (χ0n) is 20.3. The van der Waals surface area contributed by atoms with Gasteiger partial charge in [-0.3, -0.25) is 9.69 Å². The molecular formula is C24H30ClN3O5S2. The van der Waals surface area contributed by atoms with Crippen LogP contribution in [0.1, 0.15) is 20.3 Å². The fraction of sp³-hybridized carbons (Fsp3) is 0.417. The zero-order valence-corrected chi connectivity index (χ0v) is 22.7. The number of anilines is 1. The molecular weight excluding hydrogens is 510 g/mol. The van der Waals surface area contributed by atoms with Gasteiger partial charge in [0, 0.05) is 24.5 Å². The summed E-state index contributed by atoms with van der Waals surface area (Å²) in [5.41, 5.74) is 0.598. The molecule has 190 valence electrons. The predicted octanol–water partition coefficient (Wildman–Crippen LogP) is 4.51. The van der Waals surface area contributed by atoms with E-state index in [9.17, 15) is 13.2 Å². The average molecular weight is 540 g/mol. The van der Waals surface area contributed by atoms with E-state index in [4.69, 9.17) is 26.1 Å². The van der Waals surface area contributed by atoms with Crippen LogP contribution in [-0.4, -0.2) is 70.4 Å². The van der Waals surface area contributed by atoms with Gasteiger partial charge in [-0.25, -0.2) is 13.4 Å². The standard InChI is InChI=1S/C24H30ClN3O5S2/c1-5-27(6-2)14-15-28(21(29)13-16-35(30,31)18-9-7-17(25)8-10-18)24-26-22-19(32-3)11-12-20(33-4)23(22)34-24/h7-12H,5-6,13-16H2,1-4H3. The highest BCUT2D eigenvalue weighted by Gasteiger charge is 2.25. The number of nitrogens with zero attached hydrogens (tertiary/aromatic N) is 3. The van der Waals surface area contributed by atoms with E-state index in [2.05, 4.69) is 18.7 Å². The largest absolute Gasteiger partial charge is 0.495 e. The lowest BCUT2D eigenvalue weighted by Gasteiger charge is -2.24. The lowest BCUT2D eigenvalue weighted by molar-refractivity contribution is -0.118. The fourth-order valence-electron chi connectivity index (χ4n) is 3.61. The third-order valence-electron chi connectivity index (χ3n) is 5.72. The third-order valence-corrected chi connectivity index (χ3v) is 8.80. The van der Waals surface area contributed by atoms with Crippen LogP contribution in [0.15, 0.2) is 41.3 Å². The number of methoxy groups -OCH3 is 2. The average Bonchev–Trinajstić information content (AvgIpc) is 3.30. The number of hydrogen-bond donors (Lipinski definition) is 0. The van der Waals surface area contributed by atoms with Crippen LogP contribution < -0.4 is 14.4 Å². The summed E-state index contributed by atoms with van der Waals surface area (Å²) in [6.07, 6.45) is -0.173. The third kappa shape index (κ3) is 6.43. The van der Waals surface area contributed by atoms with Crippen LogP contribution in [0.5, 0.6) is 11.5 Å². The molecule has 0 spiro atoms. The number of rotatable bonds is 12. The summed E-state index contributed by atoms with van der Waals surface area (Å²) in [5.74, 6) is 0.578. The van der Waals surface area contributed by atoms with Gasteiger partial charge in [0.25, 0.3) is 0 Å². The van der Waals surface area contributed by atoms with Crippen LogP contribution in [0.3, 0.4) is 0 Å². The number of likely N-dealkylation sites (N-methyl/N-ethyl adjacent to an activating group) is 1. The van der Waals surface area contributed by atoms with E-state index in [0.29, 0.717) is 40.3 Å². The SMILES string of the molecule is CCN(CC)CCN(C(=O)CCS(=O)(=O)c1ccc(Cl)cc1)c1nc2c(OC)ccc(OC)c2s1. The Morgan fingerprint density at radius 1 is 1.00 bits per heavy atom. The van der Waals surface area contributed by atoms with Gasteiger partial charge in [0.15, 0.2) is 15.0 Å². The van der Waals surface area contributed by atoms with Gasteiger partial charge in [-0.2, -0.15) is 0 Å². The van der Waals surface area contributed by atoms with Crippen molar-refractivity contribution in [1.29, 1.82) is 0 Å². The molecule has 11 heteroatoms. The van der Waals surface area contributed by atoms with Gasteiger partial charge in [-0.05, 0) is 49.5 Å². The highest BCUT2D eigenvalue weighted by Crippen LogP contribution is 2.40. The molecule has 3 aromatic rings. The van der Waals surface area contributed by atoms with Crippen LogP contribution in [0.25, 0.3) is 10.2 Å². The lowest BCUT2D eigenvalue weighted by Crippen LogP contribution is -2.39. The minimum absolute atomic E-state index is 0.138. The summed E-state index contributed by atoms with van der Waals surface area (Å²) in [7, 11) is -0.512. The maximum atomic E-state index is 13.4. The van der Waals surface area contributed by atoms with Crippen LogP contribution in [0.4, 0.5) is 5.13 Å². The normalized spacial score (nSPS) is 11.7. The Morgan fingerprint density at radius 3 is 2.23 bits per heavy atom. The molecule has 8 nitrogen and oxygen atoms in total. The molecule has 0 unspecified atom stereocenters. The number of ether oxygens (including phenoxy) is 2. The van der Waals surface area contributed by atoms with Crippen molar-refractivity contribution in [3.05, 3.63) is 41.4 Å². The van der Waals surface area contributed by atoms with Crippen molar-refractivity contribution in [3.8, 4) is 11.5 Å². The Kier molecular flexibility index (Phi) is 9.34. The number of hydrogen-bond acceptors (Lipinski definition) is 8. The topological polar surface area (TPSA) is 89.0 Å². The second-order valence-electron chi connectivity index (χ2n) is 7.74. The minimum atomic E-state index is -3.65. The molecule has 0 N–H and O–H groups in total. The number of benzene rings is 2. The smallest absolute Gasteiger partial charge is 0.229 e. The van der Waals surface area contributed by atoms with Crippen molar-refractivity contribution < 1.29 is 22.7 Å². The second-order valence-corrected chi connectivity index (χ2v) is 11.3. The summed E-state index contributed by atoms with van der Waals surface area (Å²) in [6.45, 7) is 6.80. The summed E-state index contributed by atoms with van der Waals surface area (Å²) < 4.78 is 37.3. The Hall–Kier alpha value is -2.40. The van der Waals surface area contributed by atoms with E-state index in [0.717, 1.165) is 17.8 Å². The maximum Gasteiger partial charge on any atom is 0.229 e. The van der Waals surface area contributed by atoms with Crippen molar-refractivity contribution in [2.24, 2.45) is 0 Å². The molecule has 0 aliphatic carbocycles. The van der Waals surface area contributed by atoms with E-state index in [-0.39, 0.29) is 23.0 Å². The Bertz CT molecular complexity index is 1220. The molecule has 0 bridgehead atoms. The number of sulfone groups is 1. The fourth-order valence-corrected chi connectivity index (χ4v) is 6.09. The van der Waals surface area contributed by atoms with E-state index in [1.807, 2.05) is 0 Å². The molecule has 1 amide bonds. The van der Waals surface area contributed by atoms with Gasteiger partial charge < -0.3 is 14.4 Å². The molecule has 0 saturated carbocycles. The van der Waals surface area contributed by atoms with Crippen molar-refractivity contribution in [2.45, 2.75) is 25.2 Å². The molecule has 0 fully saturated rings. The Labute approximate surface area is 215 Å². The van der Waals surface area contributed by atoms with Crippen LogP contribution in [0.2, 0.25) is 5.02 Å². The number of fused-ring (bicyclic) bond motifs is 1. The summed E-state index contributed by atoms with van der Waals surface area (Å²) in [4.78, 5) is 22.0. The first-order valence-corrected chi connectivity index (χ1v) is 14.1. The molecule has 2 aromatic carbocycles. The van der Waals surface area contributed by atoms with Crippen LogP contribution >= 0.6 is 22.9 Å². The van der Waals surface area contributed by atoms with Gasteiger partial charge in [0.1, 0.15) is 21.7 Å². The monoisotopic (exact) mass is 539 g/mol. The molecule has 35 heavy (non-hydrogen) atoms. The van der Waals surface area contributed by atoms with Gasteiger partial charge in [0.05, 0.1) is 24.9 Å². The number of carbonyl (C=O) groups is 1. The zero-order chi connectivity index (χ0) is 25.6.